The molecule has 0 N–H and O–H groups in total. The van der Waals surface area contributed by atoms with Gasteiger partial charge in [-0.05, 0) is 12.1 Å². The van der Waals surface area contributed by atoms with Crippen LogP contribution in [0.4, 0.5) is 8.78 Å². The third kappa shape index (κ3) is 0.832. The van der Waals surface area contributed by atoms with E-state index < -0.39 is 17.7 Å². The molecule has 0 atom stereocenters. The van der Waals surface area contributed by atoms with Crippen LogP contribution in [0.5, 0.6) is 0 Å². The van der Waals surface area contributed by atoms with E-state index in [-0.39, 0.29) is 6.04 Å². The average Bonchev–Trinajstić information content (AvgIpc) is 1.93. The minimum atomic E-state index is -1.26. The van der Waals surface area contributed by atoms with E-state index in [4.69, 9.17) is 2.74 Å². The van der Waals surface area contributed by atoms with Crippen molar-refractivity contribution < 1.29 is 11.5 Å². The highest BCUT2D eigenvalue weighted by atomic mass is 19.2. The Balaban J connectivity index is 3.34. The smallest absolute Gasteiger partial charge is 0.158 e. The largest absolute Gasteiger partial charge is 0.204 e. The molecule has 1 aromatic carbocycles. The molecule has 2 heteroatoms. The van der Waals surface area contributed by atoms with Crippen LogP contribution in [0.2, 0.25) is 0 Å². The number of hydrogen-bond acceptors (Lipinski definition) is 0. The second-order valence-corrected chi connectivity index (χ2v) is 1.26. The second-order valence-electron chi connectivity index (χ2n) is 1.26. The summed E-state index contributed by atoms with van der Waals surface area (Å²) in [5, 5.41) is 0. The van der Waals surface area contributed by atoms with Crippen LogP contribution < -0.4 is 0 Å². The molecular weight excluding hydrogens is 110 g/mol. The molecule has 0 aliphatic heterocycles. The first-order valence-electron chi connectivity index (χ1n) is 3.04. The molecule has 0 nitrogen and oxygen atoms in total. The first-order chi connectivity index (χ1) is 4.63. The Labute approximate surface area is 48.6 Å². The van der Waals surface area contributed by atoms with Gasteiger partial charge < -0.3 is 0 Å². The van der Waals surface area contributed by atoms with Crippen molar-refractivity contribution in [1.29, 1.82) is 0 Å². The first-order valence-corrected chi connectivity index (χ1v) is 2.04. The van der Waals surface area contributed by atoms with Crippen LogP contribution in [0.1, 0.15) is 2.74 Å². The van der Waals surface area contributed by atoms with Crippen LogP contribution in [0.15, 0.2) is 24.2 Å². The lowest BCUT2D eigenvalue weighted by Gasteiger charge is -1.85. The summed E-state index contributed by atoms with van der Waals surface area (Å²) in [6, 6.07) is 0.870. The Hall–Kier alpha value is -0.920. The summed E-state index contributed by atoms with van der Waals surface area (Å²) in [5.41, 5.74) is 0. The quantitative estimate of drug-likeness (QED) is 0.488. The zero-order valence-corrected chi connectivity index (χ0v) is 3.91. The summed E-state index contributed by atoms with van der Waals surface area (Å²) in [6.45, 7) is 0. The number of rotatable bonds is 0. The molecule has 0 radical (unpaired) electrons. The zero-order valence-electron chi connectivity index (χ0n) is 5.91. The fraction of sp³-hybridized carbons (Fsp3) is 0. The standard InChI is InChI=1S/C6H4F2/c7-5-3-1-2-4-6(5)8/h1-4H/i1T,3T. The van der Waals surface area contributed by atoms with Gasteiger partial charge in [0.1, 0.15) is 0 Å². The van der Waals surface area contributed by atoms with Gasteiger partial charge >= 0.3 is 0 Å². The van der Waals surface area contributed by atoms with Gasteiger partial charge in [-0.25, -0.2) is 8.78 Å². The normalized spacial score (nSPS) is 12.8. The van der Waals surface area contributed by atoms with Gasteiger partial charge in [-0.1, -0.05) is 12.1 Å². The van der Waals surface area contributed by atoms with E-state index in [0.29, 0.717) is 0 Å². The van der Waals surface area contributed by atoms with Gasteiger partial charge in [-0.2, -0.15) is 0 Å². The average molecular weight is 118 g/mol. The van der Waals surface area contributed by atoms with E-state index in [1.807, 2.05) is 0 Å². The number of halogens is 2. The van der Waals surface area contributed by atoms with Crippen molar-refractivity contribution in [3.63, 3.8) is 0 Å². The molecule has 0 aliphatic carbocycles. The van der Waals surface area contributed by atoms with Gasteiger partial charge in [-0.3, -0.25) is 0 Å². The van der Waals surface area contributed by atoms with E-state index in [1.54, 1.807) is 0 Å². The molecule has 0 unspecified atom stereocenters. The Morgan fingerprint density at radius 2 is 2.12 bits per heavy atom. The van der Waals surface area contributed by atoms with E-state index in [9.17, 15) is 8.78 Å². The minimum Gasteiger partial charge on any atom is -0.204 e. The van der Waals surface area contributed by atoms with Crippen LogP contribution in [0.3, 0.4) is 0 Å². The maximum atomic E-state index is 12.3. The van der Waals surface area contributed by atoms with Crippen molar-refractivity contribution >= 4 is 0 Å². The van der Waals surface area contributed by atoms with Crippen LogP contribution >= 0.6 is 0 Å². The molecule has 0 amide bonds. The number of hydrogen-bond donors (Lipinski definition) is 0. The lowest BCUT2D eigenvalue weighted by Crippen LogP contribution is -1.77. The Morgan fingerprint density at radius 3 is 2.75 bits per heavy atom. The summed E-state index contributed by atoms with van der Waals surface area (Å²) >= 11 is 0. The highest BCUT2D eigenvalue weighted by Crippen LogP contribution is 2.01. The van der Waals surface area contributed by atoms with Crippen molar-refractivity contribution in [3.8, 4) is 0 Å². The van der Waals surface area contributed by atoms with Crippen molar-refractivity contribution in [2.24, 2.45) is 0 Å². The SMILES string of the molecule is [3H]c1ccc(F)c(F)c1[3H]. The first kappa shape index (κ1) is 3.17. The molecule has 0 saturated carbocycles. The minimum absolute atomic E-state index is 0.307. The number of benzene rings is 1. The highest BCUT2D eigenvalue weighted by Gasteiger charge is 1.93. The predicted molar refractivity (Wildman–Crippen MR) is 26.4 cm³/mol. The molecule has 0 aromatic heterocycles. The Morgan fingerprint density at radius 1 is 1.38 bits per heavy atom. The van der Waals surface area contributed by atoms with Crippen molar-refractivity contribution in [1.82, 2.24) is 0 Å². The third-order valence-corrected chi connectivity index (χ3v) is 0.705. The molecule has 0 spiro atoms. The topological polar surface area (TPSA) is 0 Å². The maximum Gasteiger partial charge on any atom is 0.158 e. The molecule has 0 fully saturated rings. The van der Waals surface area contributed by atoms with Gasteiger partial charge in [0.15, 0.2) is 11.6 Å². The fourth-order valence-electron chi connectivity index (χ4n) is 0.353. The van der Waals surface area contributed by atoms with Crippen molar-refractivity contribution in [3.05, 3.63) is 35.9 Å². The second kappa shape index (κ2) is 1.90. The van der Waals surface area contributed by atoms with Crippen molar-refractivity contribution in [2.45, 2.75) is 0 Å². The fourth-order valence-corrected chi connectivity index (χ4v) is 0.353. The van der Waals surface area contributed by atoms with Gasteiger partial charge in [0.2, 0.25) is 0 Å². The molecule has 0 bridgehead atoms. The highest BCUT2D eigenvalue weighted by molar-refractivity contribution is 5.05. The Kier molecular flexibility index (Phi) is 0.755. The third-order valence-electron chi connectivity index (χ3n) is 0.705. The summed E-state index contributed by atoms with van der Waals surface area (Å²) in [6.07, 6.45) is 0. The molecule has 42 valence electrons. The molecule has 1 rings (SSSR count). The van der Waals surface area contributed by atoms with Gasteiger partial charge in [0, 0.05) is 0 Å². The summed E-state index contributed by atoms with van der Waals surface area (Å²) in [7, 11) is 0. The van der Waals surface area contributed by atoms with Gasteiger partial charge in [-0.15, -0.1) is 0 Å². The molecule has 1 aromatic rings. The maximum absolute atomic E-state index is 12.3. The summed E-state index contributed by atoms with van der Waals surface area (Å²) in [4.78, 5) is 0. The molecule has 0 saturated heterocycles. The van der Waals surface area contributed by atoms with Crippen molar-refractivity contribution in [2.75, 3.05) is 0 Å². The van der Waals surface area contributed by atoms with E-state index >= 15 is 0 Å². The van der Waals surface area contributed by atoms with Crippen LogP contribution in [-0.2, 0) is 0 Å². The van der Waals surface area contributed by atoms with E-state index in [0.717, 1.165) is 12.1 Å². The lowest BCUT2D eigenvalue weighted by molar-refractivity contribution is 0.508. The monoisotopic (exact) mass is 118 g/mol. The molecular formula is C6H4F2. The lowest BCUT2D eigenvalue weighted by atomic mass is 10.3. The van der Waals surface area contributed by atoms with Crippen LogP contribution in [0, 0.1) is 11.6 Å². The van der Waals surface area contributed by atoms with Gasteiger partial charge in [0.05, 0.1) is 2.74 Å². The summed E-state index contributed by atoms with van der Waals surface area (Å²) in [5.74, 6) is -2.34. The molecule has 0 heterocycles. The summed E-state index contributed by atoms with van der Waals surface area (Å²) < 4.78 is 38.1. The predicted octanol–water partition coefficient (Wildman–Crippen LogP) is 1.96. The van der Waals surface area contributed by atoms with Gasteiger partial charge in [0.25, 0.3) is 0 Å². The molecule has 8 heavy (non-hydrogen) atoms. The Bertz CT molecular complexity index is 233. The van der Waals surface area contributed by atoms with Crippen LogP contribution in [0.25, 0.3) is 0 Å². The van der Waals surface area contributed by atoms with E-state index in [2.05, 4.69) is 0 Å². The molecule has 0 aliphatic rings. The van der Waals surface area contributed by atoms with E-state index in [1.165, 1.54) is 0 Å². The zero-order chi connectivity index (χ0) is 7.72. The van der Waals surface area contributed by atoms with Crippen LogP contribution in [-0.4, -0.2) is 0 Å².